The molecule has 1 fully saturated rings. The molecule has 1 aromatic heterocycles. The minimum absolute atomic E-state index is 0.0638. The van der Waals surface area contributed by atoms with Crippen LogP contribution in [0.3, 0.4) is 0 Å². The van der Waals surface area contributed by atoms with Gasteiger partial charge in [-0.1, -0.05) is 67.1 Å². The van der Waals surface area contributed by atoms with Crippen LogP contribution in [-0.2, 0) is 4.79 Å². The Morgan fingerprint density at radius 3 is 1.89 bits per heavy atom. The molecule has 0 spiro atoms. The maximum Gasteiger partial charge on any atom is 0.240 e. The minimum Gasteiger partial charge on any atom is -0.295 e. The van der Waals surface area contributed by atoms with Gasteiger partial charge in [-0.25, -0.2) is 9.97 Å². The summed E-state index contributed by atoms with van der Waals surface area (Å²) in [6.07, 6.45) is 3.57. The molecule has 2 aromatic carbocycles. The van der Waals surface area contributed by atoms with Crippen molar-refractivity contribution in [1.82, 2.24) is 14.9 Å². The van der Waals surface area contributed by atoms with Gasteiger partial charge in [0.2, 0.25) is 11.9 Å². The Hall–Kier alpha value is -3.05. The molecule has 4 rings (SSSR count). The highest BCUT2D eigenvalue weighted by Gasteiger charge is 2.16. The number of rotatable bonds is 5. The molecular weight excluding hydrogens is 348 g/mol. The lowest BCUT2D eigenvalue weighted by molar-refractivity contribution is -0.117. The number of amides is 1. The molecule has 2 heterocycles. The molecule has 1 aliphatic rings. The first-order valence-electron chi connectivity index (χ1n) is 9.80. The average Bonchev–Trinajstić information content (AvgIpc) is 2.75. The zero-order valence-electron chi connectivity index (χ0n) is 15.8. The summed E-state index contributed by atoms with van der Waals surface area (Å²) >= 11 is 0. The van der Waals surface area contributed by atoms with Crippen LogP contribution in [0.4, 0.5) is 5.95 Å². The smallest absolute Gasteiger partial charge is 0.240 e. The van der Waals surface area contributed by atoms with Crippen molar-refractivity contribution < 1.29 is 4.79 Å². The predicted molar refractivity (Wildman–Crippen MR) is 112 cm³/mol. The number of benzene rings is 2. The van der Waals surface area contributed by atoms with Gasteiger partial charge in [0.1, 0.15) is 0 Å². The van der Waals surface area contributed by atoms with E-state index >= 15 is 0 Å². The summed E-state index contributed by atoms with van der Waals surface area (Å²) in [5.41, 5.74) is 3.58. The quantitative estimate of drug-likeness (QED) is 0.728. The van der Waals surface area contributed by atoms with Gasteiger partial charge in [0.15, 0.2) is 0 Å². The number of piperidine rings is 1. The molecule has 142 valence electrons. The monoisotopic (exact) mass is 372 g/mol. The molecule has 5 heteroatoms. The average molecular weight is 372 g/mol. The molecule has 0 unspecified atom stereocenters. The van der Waals surface area contributed by atoms with Gasteiger partial charge in [-0.15, -0.1) is 0 Å². The molecule has 1 saturated heterocycles. The summed E-state index contributed by atoms with van der Waals surface area (Å²) in [5, 5.41) is 2.91. The fourth-order valence-corrected chi connectivity index (χ4v) is 3.50. The van der Waals surface area contributed by atoms with Gasteiger partial charge in [0.05, 0.1) is 17.9 Å². The van der Waals surface area contributed by atoms with E-state index in [4.69, 9.17) is 0 Å². The first kappa shape index (κ1) is 18.3. The van der Waals surface area contributed by atoms with Crippen LogP contribution in [0.5, 0.6) is 0 Å². The molecule has 0 bridgehead atoms. The van der Waals surface area contributed by atoms with Crippen molar-refractivity contribution >= 4 is 11.9 Å². The summed E-state index contributed by atoms with van der Waals surface area (Å²) < 4.78 is 0. The predicted octanol–water partition coefficient (Wildman–Crippen LogP) is 4.24. The third kappa shape index (κ3) is 4.61. The van der Waals surface area contributed by atoms with Gasteiger partial charge in [-0.2, -0.15) is 0 Å². The number of carbonyl (C=O) groups is 1. The lowest BCUT2D eigenvalue weighted by atomic mass is 10.1. The molecule has 3 aromatic rings. The van der Waals surface area contributed by atoms with E-state index in [1.165, 1.54) is 6.42 Å². The third-order valence-electron chi connectivity index (χ3n) is 4.93. The number of nitrogens with zero attached hydrogens (tertiary/aromatic N) is 3. The van der Waals surface area contributed by atoms with Gasteiger partial charge in [-0.3, -0.25) is 15.0 Å². The number of nitrogens with one attached hydrogen (secondary N) is 1. The van der Waals surface area contributed by atoms with Gasteiger partial charge in [0, 0.05) is 11.1 Å². The molecule has 1 N–H and O–H groups in total. The number of aromatic nitrogens is 2. The standard InChI is InChI=1S/C23H24N4O/c28-22(17-27-14-8-3-9-15-27)26-23-24-20(18-10-4-1-5-11-18)16-21(25-23)19-12-6-2-7-13-19/h1-2,4-7,10-13,16H,3,8-9,14-15,17H2,(H,24,25,26,28). The molecular formula is C23H24N4O. The highest BCUT2D eigenvalue weighted by molar-refractivity contribution is 5.91. The maximum atomic E-state index is 12.5. The second-order valence-corrected chi connectivity index (χ2v) is 7.08. The summed E-state index contributed by atoms with van der Waals surface area (Å²) in [6, 6.07) is 21.9. The van der Waals surface area contributed by atoms with Gasteiger partial charge < -0.3 is 0 Å². The Labute approximate surface area is 165 Å². The number of hydrogen-bond acceptors (Lipinski definition) is 4. The van der Waals surface area contributed by atoms with Crippen LogP contribution in [0.1, 0.15) is 19.3 Å². The second kappa shape index (κ2) is 8.76. The Kier molecular flexibility index (Phi) is 5.73. The fraction of sp³-hybridized carbons (Fsp3) is 0.261. The number of hydrogen-bond donors (Lipinski definition) is 1. The van der Waals surface area contributed by atoms with Gasteiger partial charge in [0.25, 0.3) is 0 Å². The van der Waals surface area contributed by atoms with Crippen molar-refractivity contribution in [2.24, 2.45) is 0 Å². The minimum atomic E-state index is -0.0638. The largest absolute Gasteiger partial charge is 0.295 e. The molecule has 0 saturated carbocycles. The summed E-state index contributed by atoms with van der Waals surface area (Å²) in [6.45, 7) is 2.35. The number of likely N-dealkylation sites (tertiary alicyclic amines) is 1. The van der Waals surface area contributed by atoms with E-state index < -0.39 is 0 Å². The van der Waals surface area contributed by atoms with Crippen molar-refractivity contribution in [2.45, 2.75) is 19.3 Å². The number of anilines is 1. The maximum absolute atomic E-state index is 12.5. The van der Waals surface area contributed by atoms with Crippen molar-refractivity contribution in [3.63, 3.8) is 0 Å². The molecule has 1 aliphatic heterocycles. The molecule has 0 atom stereocenters. The molecule has 28 heavy (non-hydrogen) atoms. The zero-order valence-corrected chi connectivity index (χ0v) is 15.8. The van der Waals surface area contributed by atoms with E-state index in [2.05, 4.69) is 20.2 Å². The highest BCUT2D eigenvalue weighted by Crippen LogP contribution is 2.25. The fourth-order valence-electron chi connectivity index (χ4n) is 3.50. The van der Waals surface area contributed by atoms with Crippen LogP contribution in [0.25, 0.3) is 22.5 Å². The Balaban J connectivity index is 1.61. The molecule has 0 radical (unpaired) electrons. The SMILES string of the molecule is O=C(CN1CCCCC1)Nc1nc(-c2ccccc2)cc(-c2ccccc2)n1. The van der Waals surface area contributed by atoms with E-state index in [0.717, 1.165) is 48.4 Å². The van der Waals surface area contributed by atoms with Crippen molar-refractivity contribution in [3.05, 3.63) is 66.7 Å². The van der Waals surface area contributed by atoms with Crippen LogP contribution >= 0.6 is 0 Å². The first-order chi connectivity index (χ1) is 13.8. The van der Waals surface area contributed by atoms with Crippen molar-refractivity contribution in [1.29, 1.82) is 0 Å². The van der Waals surface area contributed by atoms with Crippen LogP contribution in [0, 0.1) is 0 Å². The normalized spacial score (nSPS) is 14.6. The molecule has 1 amide bonds. The molecule has 0 aliphatic carbocycles. The second-order valence-electron chi connectivity index (χ2n) is 7.08. The third-order valence-corrected chi connectivity index (χ3v) is 4.93. The van der Waals surface area contributed by atoms with E-state index in [9.17, 15) is 4.79 Å². The van der Waals surface area contributed by atoms with Crippen molar-refractivity contribution in [3.8, 4) is 22.5 Å². The van der Waals surface area contributed by atoms with Crippen LogP contribution < -0.4 is 5.32 Å². The van der Waals surface area contributed by atoms with E-state index in [0.29, 0.717) is 12.5 Å². The van der Waals surface area contributed by atoms with E-state index in [1.807, 2.05) is 66.7 Å². The Morgan fingerprint density at radius 2 is 1.36 bits per heavy atom. The lowest BCUT2D eigenvalue weighted by Crippen LogP contribution is -2.37. The van der Waals surface area contributed by atoms with E-state index in [1.54, 1.807) is 0 Å². The van der Waals surface area contributed by atoms with Crippen LogP contribution in [0.2, 0.25) is 0 Å². The Bertz CT molecular complexity index is 864. The topological polar surface area (TPSA) is 58.1 Å². The summed E-state index contributed by atoms with van der Waals surface area (Å²) in [7, 11) is 0. The summed E-state index contributed by atoms with van der Waals surface area (Å²) in [4.78, 5) is 23.9. The Morgan fingerprint density at radius 1 is 0.821 bits per heavy atom. The number of carbonyl (C=O) groups excluding carboxylic acids is 1. The highest BCUT2D eigenvalue weighted by atomic mass is 16.2. The lowest BCUT2D eigenvalue weighted by Gasteiger charge is -2.25. The van der Waals surface area contributed by atoms with E-state index in [-0.39, 0.29) is 5.91 Å². The first-order valence-corrected chi connectivity index (χ1v) is 9.80. The van der Waals surface area contributed by atoms with Crippen LogP contribution in [-0.4, -0.2) is 40.4 Å². The van der Waals surface area contributed by atoms with Crippen molar-refractivity contribution in [2.75, 3.05) is 25.0 Å². The van der Waals surface area contributed by atoms with Gasteiger partial charge in [-0.05, 0) is 32.0 Å². The zero-order chi connectivity index (χ0) is 19.2. The molecule has 5 nitrogen and oxygen atoms in total. The summed E-state index contributed by atoms with van der Waals surface area (Å²) in [5.74, 6) is 0.285. The van der Waals surface area contributed by atoms with Crippen LogP contribution in [0.15, 0.2) is 66.7 Å². The van der Waals surface area contributed by atoms with Gasteiger partial charge >= 0.3 is 0 Å².